The van der Waals surface area contributed by atoms with Gasteiger partial charge < -0.3 is 15.2 Å². The zero-order chi connectivity index (χ0) is 12.3. The van der Waals surface area contributed by atoms with Gasteiger partial charge in [-0.3, -0.25) is 4.90 Å². The maximum atomic E-state index is 11.5. The molecule has 0 bridgehead atoms. The molecule has 1 atom stereocenters. The Labute approximate surface area is 100 Å². The van der Waals surface area contributed by atoms with Crippen LogP contribution in [-0.2, 0) is 4.74 Å². The van der Waals surface area contributed by atoms with Gasteiger partial charge in [0.1, 0.15) is 12.4 Å². The minimum absolute atomic E-state index is 0.0445. The van der Waals surface area contributed by atoms with Gasteiger partial charge in [0.2, 0.25) is 0 Å². The van der Waals surface area contributed by atoms with E-state index >= 15 is 0 Å². The predicted molar refractivity (Wildman–Crippen MR) is 62.8 cm³/mol. The van der Waals surface area contributed by atoms with Gasteiger partial charge in [-0.2, -0.15) is 0 Å². The van der Waals surface area contributed by atoms with E-state index in [9.17, 15) is 4.79 Å². The number of carbonyl (C=O) groups is 1. The number of nitrogens with zero attached hydrogens (tertiary/aromatic N) is 1. The number of methoxy groups -OCH3 is 1. The fourth-order valence-corrected chi connectivity index (χ4v) is 1.94. The average molecular weight is 236 g/mol. The third-order valence-corrected chi connectivity index (χ3v) is 2.85. The van der Waals surface area contributed by atoms with E-state index in [2.05, 4.69) is 0 Å². The van der Waals surface area contributed by atoms with Crippen molar-refractivity contribution in [3.8, 4) is 5.75 Å². The van der Waals surface area contributed by atoms with E-state index in [0.29, 0.717) is 19.7 Å². The first-order valence-electron chi connectivity index (χ1n) is 5.53. The molecule has 5 nitrogen and oxygen atoms in total. The summed E-state index contributed by atoms with van der Waals surface area (Å²) in [6.45, 7) is 1.32. The van der Waals surface area contributed by atoms with Crippen LogP contribution < -0.4 is 10.5 Å². The standard InChI is InChI=1S/C12H16N2O3/c1-16-10-4-2-9(3-5-10)11-8-17-12(15)14(11)7-6-13/h2-5,11H,6-8,13H2,1H3. The van der Waals surface area contributed by atoms with Crippen LogP contribution in [-0.4, -0.2) is 37.8 Å². The van der Waals surface area contributed by atoms with Crippen LogP contribution in [0.5, 0.6) is 5.75 Å². The summed E-state index contributed by atoms with van der Waals surface area (Å²) < 4.78 is 10.1. The van der Waals surface area contributed by atoms with Gasteiger partial charge in [0.15, 0.2) is 0 Å². The van der Waals surface area contributed by atoms with Gasteiger partial charge in [-0.1, -0.05) is 12.1 Å². The Morgan fingerprint density at radius 1 is 1.47 bits per heavy atom. The lowest BCUT2D eigenvalue weighted by Crippen LogP contribution is -2.32. The molecule has 1 amide bonds. The first-order valence-corrected chi connectivity index (χ1v) is 5.53. The van der Waals surface area contributed by atoms with Crippen LogP contribution in [0.3, 0.4) is 0 Å². The zero-order valence-electron chi connectivity index (χ0n) is 9.76. The van der Waals surface area contributed by atoms with Crippen LogP contribution in [0.2, 0.25) is 0 Å². The number of cyclic esters (lactones) is 1. The van der Waals surface area contributed by atoms with Gasteiger partial charge in [-0.05, 0) is 17.7 Å². The summed E-state index contributed by atoms with van der Waals surface area (Å²) in [4.78, 5) is 13.1. The molecule has 1 aromatic carbocycles. The van der Waals surface area contributed by atoms with Crippen LogP contribution >= 0.6 is 0 Å². The predicted octanol–water partition coefficient (Wildman–Crippen LogP) is 1.15. The second-order valence-corrected chi connectivity index (χ2v) is 3.85. The van der Waals surface area contributed by atoms with E-state index in [-0.39, 0.29) is 12.1 Å². The Bertz CT molecular complexity index is 391. The number of amides is 1. The quantitative estimate of drug-likeness (QED) is 0.851. The molecule has 1 unspecified atom stereocenters. The molecule has 0 aliphatic carbocycles. The topological polar surface area (TPSA) is 64.8 Å². The van der Waals surface area contributed by atoms with Crippen LogP contribution in [0.25, 0.3) is 0 Å². The van der Waals surface area contributed by atoms with Crippen molar-refractivity contribution in [2.24, 2.45) is 5.73 Å². The molecule has 0 saturated carbocycles. The molecule has 5 heteroatoms. The summed E-state index contributed by atoms with van der Waals surface area (Å²) >= 11 is 0. The minimum Gasteiger partial charge on any atom is -0.497 e. The first kappa shape index (κ1) is 11.7. The number of hydrogen-bond donors (Lipinski definition) is 1. The lowest BCUT2D eigenvalue weighted by molar-refractivity contribution is 0.158. The van der Waals surface area contributed by atoms with E-state index in [1.807, 2.05) is 24.3 Å². The van der Waals surface area contributed by atoms with Gasteiger partial charge in [0.25, 0.3) is 0 Å². The molecule has 2 rings (SSSR count). The fourth-order valence-electron chi connectivity index (χ4n) is 1.94. The lowest BCUT2D eigenvalue weighted by atomic mass is 10.1. The second kappa shape index (κ2) is 5.05. The Morgan fingerprint density at radius 2 is 2.18 bits per heavy atom. The van der Waals surface area contributed by atoms with Crippen LogP contribution in [0.4, 0.5) is 4.79 Å². The monoisotopic (exact) mass is 236 g/mol. The van der Waals surface area contributed by atoms with Crippen molar-refractivity contribution in [2.75, 3.05) is 26.8 Å². The largest absolute Gasteiger partial charge is 0.497 e. The Hall–Kier alpha value is -1.75. The van der Waals surface area contributed by atoms with Crippen LogP contribution in [0.15, 0.2) is 24.3 Å². The average Bonchev–Trinajstić information content (AvgIpc) is 2.72. The summed E-state index contributed by atoms with van der Waals surface area (Å²) in [5.41, 5.74) is 6.52. The molecule has 17 heavy (non-hydrogen) atoms. The van der Waals surface area contributed by atoms with Gasteiger partial charge in [0, 0.05) is 13.1 Å². The summed E-state index contributed by atoms with van der Waals surface area (Å²) in [5.74, 6) is 0.796. The summed E-state index contributed by atoms with van der Waals surface area (Å²) in [6.07, 6.45) is -0.295. The van der Waals surface area contributed by atoms with E-state index in [1.165, 1.54) is 0 Å². The maximum absolute atomic E-state index is 11.5. The van der Waals surface area contributed by atoms with Crippen molar-refractivity contribution in [1.29, 1.82) is 0 Å². The van der Waals surface area contributed by atoms with Crippen molar-refractivity contribution < 1.29 is 14.3 Å². The number of hydrogen-bond acceptors (Lipinski definition) is 4. The van der Waals surface area contributed by atoms with E-state index < -0.39 is 0 Å². The first-order chi connectivity index (χ1) is 8.26. The maximum Gasteiger partial charge on any atom is 0.410 e. The van der Waals surface area contributed by atoms with Crippen molar-refractivity contribution in [2.45, 2.75) is 6.04 Å². The molecule has 1 heterocycles. The lowest BCUT2D eigenvalue weighted by Gasteiger charge is -2.20. The molecule has 1 saturated heterocycles. The number of rotatable bonds is 4. The molecular formula is C12H16N2O3. The van der Waals surface area contributed by atoms with Gasteiger partial charge in [-0.25, -0.2) is 4.79 Å². The summed E-state index contributed by atoms with van der Waals surface area (Å²) in [5, 5.41) is 0. The van der Waals surface area contributed by atoms with Crippen molar-refractivity contribution in [1.82, 2.24) is 4.90 Å². The second-order valence-electron chi connectivity index (χ2n) is 3.85. The number of carbonyl (C=O) groups excluding carboxylic acids is 1. The molecule has 92 valence electrons. The molecule has 1 aliphatic heterocycles. The molecule has 1 aliphatic rings. The third-order valence-electron chi connectivity index (χ3n) is 2.85. The van der Waals surface area contributed by atoms with E-state index in [0.717, 1.165) is 11.3 Å². The van der Waals surface area contributed by atoms with Crippen molar-refractivity contribution in [3.05, 3.63) is 29.8 Å². The highest BCUT2D eigenvalue weighted by Gasteiger charge is 2.33. The molecule has 0 radical (unpaired) electrons. The smallest absolute Gasteiger partial charge is 0.410 e. The Balaban J connectivity index is 2.17. The highest BCUT2D eigenvalue weighted by atomic mass is 16.6. The van der Waals surface area contributed by atoms with Crippen LogP contribution in [0, 0.1) is 0 Å². The number of ether oxygens (including phenoxy) is 2. The third kappa shape index (κ3) is 2.34. The molecule has 0 aromatic heterocycles. The van der Waals surface area contributed by atoms with Gasteiger partial charge >= 0.3 is 6.09 Å². The van der Waals surface area contributed by atoms with E-state index in [4.69, 9.17) is 15.2 Å². The SMILES string of the molecule is COc1ccc(C2COC(=O)N2CCN)cc1. The Kier molecular flexibility index (Phi) is 3.49. The van der Waals surface area contributed by atoms with Crippen LogP contribution in [0.1, 0.15) is 11.6 Å². The molecule has 1 fully saturated rings. The fraction of sp³-hybridized carbons (Fsp3) is 0.417. The zero-order valence-corrected chi connectivity index (χ0v) is 9.76. The molecule has 2 N–H and O–H groups in total. The summed E-state index contributed by atoms with van der Waals surface area (Å²) in [6, 6.07) is 7.58. The highest BCUT2D eigenvalue weighted by molar-refractivity contribution is 5.70. The normalized spacial score (nSPS) is 19.3. The van der Waals surface area contributed by atoms with E-state index in [1.54, 1.807) is 12.0 Å². The Morgan fingerprint density at radius 3 is 2.76 bits per heavy atom. The molecule has 0 spiro atoms. The number of benzene rings is 1. The molecule has 1 aromatic rings. The van der Waals surface area contributed by atoms with Gasteiger partial charge in [-0.15, -0.1) is 0 Å². The highest BCUT2D eigenvalue weighted by Crippen LogP contribution is 2.28. The van der Waals surface area contributed by atoms with Crippen molar-refractivity contribution in [3.63, 3.8) is 0 Å². The minimum atomic E-state index is -0.295. The van der Waals surface area contributed by atoms with Crippen molar-refractivity contribution >= 4 is 6.09 Å². The number of nitrogens with two attached hydrogens (primary N) is 1. The molecular weight excluding hydrogens is 220 g/mol. The van der Waals surface area contributed by atoms with Gasteiger partial charge in [0.05, 0.1) is 13.2 Å². The summed E-state index contributed by atoms with van der Waals surface area (Å²) in [7, 11) is 1.62.